The molecule has 7 heteroatoms. The lowest BCUT2D eigenvalue weighted by molar-refractivity contribution is -0.117. The molecule has 0 aliphatic carbocycles. The fourth-order valence-electron chi connectivity index (χ4n) is 1.69. The van der Waals surface area contributed by atoms with Crippen molar-refractivity contribution in [2.45, 2.75) is 79.8 Å². The summed E-state index contributed by atoms with van der Waals surface area (Å²) in [4.78, 5) is 19.6. The first-order valence-electron chi connectivity index (χ1n) is 8.11. The zero-order valence-electron chi connectivity index (χ0n) is 16.0. The van der Waals surface area contributed by atoms with E-state index in [1.807, 2.05) is 13.8 Å². The van der Waals surface area contributed by atoms with Gasteiger partial charge in [0, 0.05) is 34.2 Å². The molecule has 0 aromatic rings. The second-order valence-electron chi connectivity index (χ2n) is 5.41. The predicted octanol–water partition coefficient (Wildman–Crippen LogP) is 2.67. The summed E-state index contributed by atoms with van der Waals surface area (Å²) in [5.41, 5.74) is 0. The van der Waals surface area contributed by atoms with Crippen molar-refractivity contribution >= 4 is 11.6 Å². The molecule has 4 atom stereocenters. The van der Waals surface area contributed by atoms with E-state index >= 15 is 0 Å². The Labute approximate surface area is 160 Å². The quantitative estimate of drug-likeness (QED) is 0.724. The van der Waals surface area contributed by atoms with E-state index in [4.69, 9.17) is 18.9 Å². The number of hydrogen-bond acceptors (Lipinski definition) is 7. The van der Waals surface area contributed by atoms with E-state index in [2.05, 4.69) is 0 Å². The fourth-order valence-corrected chi connectivity index (χ4v) is 1.69. The van der Waals surface area contributed by atoms with Crippen molar-refractivity contribution in [2.24, 2.45) is 0 Å². The average Bonchev–Trinajstić information content (AvgIpc) is 2.94. The van der Waals surface area contributed by atoms with Crippen molar-refractivity contribution in [3.05, 3.63) is 0 Å². The third-order valence-electron chi connectivity index (χ3n) is 3.43. The van der Waals surface area contributed by atoms with Crippen LogP contribution in [0.4, 0.5) is 0 Å². The number of methoxy groups -OCH3 is 3. The van der Waals surface area contributed by atoms with Gasteiger partial charge in [0.25, 0.3) is 0 Å². The van der Waals surface area contributed by atoms with E-state index in [0.717, 1.165) is 0 Å². The summed E-state index contributed by atoms with van der Waals surface area (Å²) in [5, 5.41) is 9.53. The zero-order valence-corrected chi connectivity index (χ0v) is 16.0. The van der Waals surface area contributed by atoms with Crippen LogP contribution in [0.15, 0.2) is 0 Å². The average molecular weight is 383 g/mol. The Bertz CT molecular complexity index is 320. The Morgan fingerprint density at radius 3 is 1.77 bits per heavy atom. The molecule has 0 bridgehead atoms. The first-order valence-corrected chi connectivity index (χ1v) is 8.11. The van der Waals surface area contributed by atoms with Gasteiger partial charge in [0.2, 0.25) is 0 Å². The summed E-state index contributed by atoms with van der Waals surface area (Å²) in [7, 11) is 4.73. The van der Waals surface area contributed by atoms with Gasteiger partial charge in [0.1, 0.15) is 36.0 Å². The van der Waals surface area contributed by atoms with Gasteiger partial charge < -0.3 is 33.6 Å². The smallest absolute Gasteiger partial charge is 0.129 e. The highest BCUT2D eigenvalue weighted by Gasteiger charge is 2.41. The number of Topliss-reactive ketones (excluding diaryl/α,β-unsaturated/α-hetero) is 2. The van der Waals surface area contributed by atoms with Crippen molar-refractivity contribution in [1.29, 1.82) is 0 Å². The lowest BCUT2D eigenvalue weighted by Gasteiger charge is -2.25. The summed E-state index contributed by atoms with van der Waals surface area (Å²) in [5.74, 6) is 0.509. The van der Waals surface area contributed by atoms with E-state index in [-0.39, 0.29) is 51.3 Å². The van der Waals surface area contributed by atoms with Crippen molar-refractivity contribution in [1.82, 2.24) is 0 Å². The largest absolute Gasteiger partial charge is 0.388 e. The molecular formula is C19H42O7. The molecule has 1 fully saturated rings. The van der Waals surface area contributed by atoms with Gasteiger partial charge >= 0.3 is 0 Å². The van der Waals surface area contributed by atoms with Crippen LogP contribution in [0, 0.1) is 0 Å². The molecule has 1 saturated heterocycles. The molecule has 0 saturated carbocycles. The Balaban J connectivity index is -0.000000170. The number of aliphatic hydroxyl groups excluding tert-OH is 1. The molecule has 26 heavy (non-hydrogen) atoms. The van der Waals surface area contributed by atoms with Crippen molar-refractivity contribution in [2.75, 3.05) is 34.5 Å². The van der Waals surface area contributed by atoms with Gasteiger partial charge in [-0.1, -0.05) is 28.7 Å². The predicted molar refractivity (Wildman–Crippen MR) is 105 cm³/mol. The number of carbonyl (C=O) groups excluding carboxylic acids is 2. The van der Waals surface area contributed by atoms with Gasteiger partial charge in [-0.15, -0.1) is 0 Å². The first-order chi connectivity index (χ1) is 11.3. The molecule has 1 heterocycles. The van der Waals surface area contributed by atoms with Crippen LogP contribution in [-0.2, 0) is 28.5 Å². The molecule has 1 aliphatic heterocycles. The van der Waals surface area contributed by atoms with Gasteiger partial charge in [-0.05, 0) is 13.8 Å². The number of hydrogen-bond donors (Lipinski definition) is 1. The highest BCUT2D eigenvalue weighted by atomic mass is 16.6. The van der Waals surface area contributed by atoms with Gasteiger partial charge in [0.15, 0.2) is 0 Å². The van der Waals surface area contributed by atoms with Crippen LogP contribution in [0.2, 0.25) is 0 Å². The highest BCUT2D eigenvalue weighted by molar-refractivity contribution is 5.75. The maximum Gasteiger partial charge on any atom is 0.129 e. The molecule has 0 spiro atoms. The molecule has 4 unspecified atom stereocenters. The Morgan fingerprint density at radius 2 is 1.50 bits per heavy atom. The van der Waals surface area contributed by atoms with E-state index in [1.165, 1.54) is 0 Å². The Morgan fingerprint density at radius 1 is 1.08 bits per heavy atom. The van der Waals surface area contributed by atoms with Crippen molar-refractivity contribution in [3.63, 3.8) is 0 Å². The van der Waals surface area contributed by atoms with Crippen LogP contribution in [0.25, 0.3) is 0 Å². The molecule has 160 valence electrons. The SMILES string of the molecule is C.C.CCC(C)=O.CCC(C)=O.COCC(OC)C1OCC(O)C1OC. The summed E-state index contributed by atoms with van der Waals surface area (Å²) in [6.45, 7) is 7.57. The topological polar surface area (TPSA) is 91.3 Å². The second-order valence-corrected chi connectivity index (χ2v) is 5.41. The molecule has 1 rings (SSSR count). The van der Waals surface area contributed by atoms with Gasteiger partial charge in [-0.2, -0.15) is 0 Å². The monoisotopic (exact) mass is 382 g/mol. The van der Waals surface area contributed by atoms with Crippen LogP contribution in [-0.4, -0.2) is 75.6 Å². The summed E-state index contributed by atoms with van der Waals surface area (Å²) in [6.07, 6.45) is -0.0587. The molecule has 0 aromatic carbocycles. The third-order valence-corrected chi connectivity index (χ3v) is 3.43. The number of aliphatic hydroxyl groups is 1. The number of ether oxygens (including phenoxy) is 4. The Kier molecular flexibility index (Phi) is 25.8. The summed E-state index contributed by atoms with van der Waals surface area (Å²) < 4.78 is 20.8. The van der Waals surface area contributed by atoms with Crippen LogP contribution in [0.3, 0.4) is 0 Å². The van der Waals surface area contributed by atoms with Gasteiger partial charge in [-0.3, -0.25) is 0 Å². The van der Waals surface area contributed by atoms with Crippen LogP contribution in [0.1, 0.15) is 55.4 Å². The number of ketones is 2. The van der Waals surface area contributed by atoms with Crippen molar-refractivity contribution in [3.8, 4) is 0 Å². The number of rotatable bonds is 7. The van der Waals surface area contributed by atoms with E-state index in [0.29, 0.717) is 19.4 Å². The minimum absolute atomic E-state index is 0. The fraction of sp³-hybridized carbons (Fsp3) is 0.895. The lowest BCUT2D eigenvalue weighted by atomic mass is 10.1. The minimum Gasteiger partial charge on any atom is -0.388 e. The van der Waals surface area contributed by atoms with Crippen LogP contribution >= 0.6 is 0 Å². The van der Waals surface area contributed by atoms with Crippen LogP contribution in [0.5, 0.6) is 0 Å². The summed E-state index contributed by atoms with van der Waals surface area (Å²) in [6, 6.07) is 0. The number of carbonyl (C=O) groups is 2. The maximum absolute atomic E-state index is 9.81. The highest BCUT2D eigenvalue weighted by Crippen LogP contribution is 2.21. The van der Waals surface area contributed by atoms with Gasteiger partial charge in [-0.25, -0.2) is 0 Å². The lowest BCUT2D eigenvalue weighted by Crippen LogP contribution is -2.43. The van der Waals surface area contributed by atoms with E-state index in [1.54, 1.807) is 35.2 Å². The van der Waals surface area contributed by atoms with Crippen molar-refractivity contribution < 1.29 is 33.6 Å². The second kappa shape index (κ2) is 20.5. The standard InChI is InChI=1S/C9H18O5.2C4H8O.2CH4/c1-11-5-7(12-2)9-8(13-3)6(10)4-14-9;2*1-3-4(2)5;;/h6-10H,4-5H2,1-3H3;2*3H2,1-2H3;2*1H4. The normalized spacial score (nSPS) is 21.6. The molecular weight excluding hydrogens is 340 g/mol. The summed E-state index contributed by atoms with van der Waals surface area (Å²) >= 11 is 0. The minimum atomic E-state index is -0.584. The molecule has 0 radical (unpaired) electrons. The molecule has 0 amide bonds. The third kappa shape index (κ3) is 15.4. The zero-order chi connectivity index (χ0) is 19.1. The van der Waals surface area contributed by atoms with E-state index < -0.39 is 6.10 Å². The van der Waals surface area contributed by atoms with E-state index in [9.17, 15) is 14.7 Å². The molecule has 1 N–H and O–H groups in total. The first kappa shape index (κ1) is 32.8. The molecule has 1 aliphatic rings. The van der Waals surface area contributed by atoms with Crippen LogP contribution < -0.4 is 0 Å². The van der Waals surface area contributed by atoms with Gasteiger partial charge in [0.05, 0.1) is 13.2 Å². The maximum atomic E-state index is 9.81. The molecule has 0 aromatic heterocycles. The Hall–Kier alpha value is -0.860. The molecule has 7 nitrogen and oxygen atoms in total.